The summed E-state index contributed by atoms with van der Waals surface area (Å²) in [6.45, 7) is 4.55. The van der Waals surface area contributed by atoms with E-state index in [-0.39, 0.29) is 12.3 Å². The van der Waals surface area contributed by atoms with Crippen molar-refractivity contribution < 1.29 is 14.6 Å². The quantitative estimate of drug-likeness (QED) is 0.897. The van der Waals surface area contributed by atoms with Crippen molar-refractivity contribution in [3.63, 3.8) is 0 Å². The van der Waals surface area contributed by atoms with Gasteiger partial charge >= 0.3 is 5.97 Å². The van der Waals surface area contributed by atoms with Crippen LogP contribution in [0.5, 0.6) is 5.75 Å². The standard InChI is InChI=1S/C14H16N2O3/c1-3-16-13(14(17)18)11(8-15-16)9-19-12-6-4-5-10(2)7-12/h4-8H,3,9H2,1-2H3,(H,17,18). The average Bonchev–Trinajstić information content (AvgIpc) is 2.79. The Balaban J connectivity index is 2.16. The fourth-order valence-corrected chi connectivity index (χ4v) is 1.88. The zero-order valence-corrected chi connectivity index (χ0v) is 11.0. The third-order valence-corrected chi connectivity index (χ3v) is 2.80. The van der Waals surface area contributed by atoms with E-state index < -0.39 is 5.97 Å². The molecular formula is C14H16N2O3. The Kier molecular flexibility index (Phi) is 3.85. The van der Waals surface area contributed by atoms with E-state index in [0.29, 0.717) is 12.1 Å². The van der Waals surface area contributed by atoms with Crippen LogP contribution in [0.1, 0.15) is 28.5 Å². The number of carbonyl (C=O) groups is 1. The zero-order valence-electron chi connectivity index (χ0n) is 11.0. The molecule has 0 aliphatic rings. The predicted octanol–water partition coefficient (Wildman–Crippen LogP) is 2.49. The number of benzene rings is 1. The maximum Gasteiger partial charge on any atom is 0.354 e. The number of rotatable bonds is 5. The monoisotopic (exact) mass is 260 g/mol. The number of ether oxygens (including phenoxy) is 1. The van der Waals surface area contributed by atoms with Gasteiger partial charge in [0.15, 0.2) is 5.69 Å². The van der Waals surface area contributed by atoms with Gasteiger partial charge in [-0.2, -0.15) is 5.10 Å². The van der Waals surface area contributed by atoms with Gasteiger partial charge in [-0.25, -0.2) is 4.79 Å². The minimum absolute atomic E-state index is 0.190. The van der Waals surface area contributed by atoms with E-state index in [2.05, 4.69) is 5.10 Å². The van der Waals surface area contributed by atoms with Crippen LogP contribution in [0, 0.1) is 6.92 Å². The van der Waals surface area contributed by atoms with Crippen LogP contribution in [0.3, 0.4) is 0 Å². The number of aryl methyl sites for hydroxylation is 2. The molecule has 0 spiro atoms. The second kappa shape index (κ2) is 5.56. The highest BCUT2D eigenvalue weighted by Crippen LogP contribution is 2.16. The van der Waals surface area contributed by atoms with Gasteiger partial charge in [0.05, 0.1) is 6.20 Å². The van der Waals surface area contributed by atoms with Crippen molar-refractivity contribution >= 4 is 5.97 Å². The minimum Gasteiger partial charge on any atom is -0.489 e. The molecule has 1 N–H and O–H groups in total. The van der Waals surface area contributed by atoms with E-state index >= 15 is 0 Å². The van der Waals surface area contributed by atoms with Gasteiger partial charge in [-0.1, -0.05) is 12.1 Å². The average molecular weight is 260 g/mol. The minimum atomic E-state index is -0.984. The molecule has 1 heterocycles. The lowest BCUT2D eigenvalue weighted by Crippen LogP contribution is -2.11. The van der Waals surface area contributed by atoms with E-state index in [1.54, 1.807) is 6.20 Å². The number of hydrogen-bond donors (Lipinski definition) is 1. The highest BCUT2D eigenvalue weighted by Gasteiger charge is 2.17. The maximum absolute atomic E-state index is 11.2. The lowest BCUT2D eigenvalue weighted by atomic mass is 10.2. The smallest absolute Gasteiger partial charge is 0.354 e. The van der Waals surface area contributed by atoms with E-state index in [9.17, 15) is 9.90 Å². The van der Waals surface area contributed by atoms with Crippen LogP contribution in [0.4, 0.5) is 0 Å². The maximum atomic E-state index is 11.2. The van der Waals surface area contributed by atoms with Crippen molar-refractivity contribution in [2.75, 3.05) is 0 Å². The molecule has 5 nitrogen and oxygen atoms in total. The number of aromatic carboxylic acids is 1. The summed E-state index contributed by atoms with van der Waals surface area (Å²) in [5, 5.41) is 13.2. The van der Waals surface area contributed by atoms with Gasteiger partial charge in [-0.05, 0) is 31.5 Å². The number of carboxylic acid groups (broad SMARTS) is 1. The molecular weight excluding hydrogens is 244 g/mol. The Morgan fingerprint density at radius 2 is 2.26 bits per heavy atom. The first kappa shape index (κ1) is 13.1. The highest BCUT2D eigenvalue weighted by atomic mass is 16.5. The zero-order chi connectivity index (χ0) is 13.8. The molecule has 19 heavy (non-hydrogen) atoms. The Morgan fingerprint density at radius 3 is 2.89 bits per heavy atom. The van der Waals surface area contributed by atoms with Crippen LogP contribution in [0.2, 0.25) is 0 Å². The van der Waals surface area contributed by atoms with Crippen LogP contribution in [-0.2, 0) is 13.2 Å². The van der Waals surface area contributed by atoms with Gasteiger partial charge in [-0.15, -0.1) is 0 Å². The van der Waals surface area contributed by atoms with Crippen LogP contribution in [0.25, 0.3) is 0 Å². The van der Waals surface area contributed by atoms with Crippen molar-refractivity contribution in [3.8, 4) is 5.75 Å². The third-order valence-electron chi connectivity index (χ3n) is 2.80. The summed E-state index contributed by atoms with van der Waals surface area (Å²) in [4.78, 5) is 11.2. The number of hydrogen-bond acceptors (Lipinski definition) is 3. The lowest BCUT2D eigenvalue weighted by Gasteiger charge is -2.07. The molecule has 5 heteroatoms. The molecule has 1 aromatic heterocycles. The van der Waals surface area contributed by atoms with Crippen molar-refractivity contribution in [1.29, 1.82) is 0 Å². The van der Waals surface area contributed by atoms with Crippen molar-refractivity contribution in [3.05, 3.63) is 47.3 Å². The molecule has 0 aliphatic carbocycles. The van der Waals surface area contributed by atoms with E-state index in [1.807, 2.05) is 38.1 Å². The fourth-order valence-electron chi connectivity index (χ4n) is 1.88. The van der Waals surface area contributed by atoms with Crippen LogP contribution in [-0.4, -0.2) is 20.9 Å². The summed E-state index contributed by atoms with van der Waals surface area (Å²) in [5.41, 5.74) is 1.87. The molecule has 0 bridgehead atoms. The molecule has 0 unspecified atom stereocenters. The summed E-state index contributed by atoms with van der Waals surface area (Å²) < 4.78 is 7.06. The summed E-state index contributed by atoms with van der Waals surface area (Å²) in [6, 6.07) is 7.63. The molecule has 0 radical (unpaired) electrons. The fraction of sp³-hybridized carbons (Fsp3) is 0.286. The molecule has 2 aromatic rings. The summed E-state index contributed by atoms with van der Waals surface area (Å²) in [5.74, 6) is -0.261. The molecule has 0 saturated heterocycles. The van der Waals surface area contributed by atoms with Crippen LogP contribution < -0.4 is 4.74 Å². The Bertz CT molecular complexity index is 590. The van der Waals surface area contributed by atoms with E-state index in [1.165, 1.54) is 4.68 Å². The summed E-state index contributed by atoms with van der Waals surface area (Å²) in [6.07, 6.45) is 1.54. The normalized spacial score (nSPS) is 10.4. The van der Waals surface area contributed by atoms with Gasteiger partial charge in [0.25, 0.3) is 0 Å². The van der Waals surface area contributed by atoms with Gasteiger partial charge in [-0.3, -0.25) is 4.68 Å². The first-order chi connectivity index (χ1) is 9.11. The number of nitrogens with zero attached hydrogens (tertiary/aromatic N) is 2. The van der Waals surface area contributed by atoms with Gasteiger partial charge < -0.3 is 9.84 Å². The molecule has 0 atom stereocenters. The summed E-state index contributed by atoms with van der Waals surface area (Å²) in [7, 11) is 0. The predicted molar refractivity (Wildman–Crippen MR) is 70.4 cm³/mol. The number of aromatic nitrogens is 2. The topological polar surface area (TPSA) is 64.4 Å². The number of carboxylic acids is 1. The Morgan fingerprint density at radius 1 is 1.47 bits per heavy atom. The second-order valence-electron chi connectivity index (χ2n) is 4.24. The molecule has 100 valence electrons. The Labute approximate surface area is 111 Å². The van der Waals surface area contributed by atoms with Crippen molar-refractivity contribution in [2.45, 2.75) is 27.0 Å². The van der Waals surface area contributed by atoms with Crippen LogP contribution >= 0.6 is 0 Å². The van der Waals surface area contributed by atoms with E-state index in [0.717, 1.165) is 11.3 Å². The molecule has 0 fully saturated rings. The molecule has 0 amide bonds. The SMILES string of the molecule is CCn1ncc(COc2cccc(C)c2)c1C(=O)O. The van der Waals surface area contributed by atoms with Gasteiger partial charge in [0.2, 0.25) is 0 Å². The second-order valence-corrected chi connectivity index (χ2v) is 4.24. The van der Waals surface area contributed by atoms with Crippen LogP contribution in [0.15, 0.2) is 30.5 Å². The van der Waals surface area contributed by atoms with Gasteiger partial charge in [0.1, 0.15) is 12.4 Å². The van der Waals surface area contributed by atoms with E-state index in [4.69, 9.17) is 4.74 Å². The largest absolute Gasteiger partial charge is 0.489 e. The first-order valence-corrected chi connectivity index (χ1v) is 6.09. The molecule has 2 rings (SSSR count). The molecule has 0 aliphatic heterocycles. The van der Waals surface area contributed by atoms with Crippen molar-refractivity contribution in [1.82, 2.24) is 9.78 Å². The lowest BCUT2D eigenvalue weighted by molar-refractivity contribution is 0.0680. The molecule has 1 aromatic carbocycles. The molecule has 0 saturated carbocycles. The summed E-state index contributed by atoms with van der Waals surface area (Å²) >= 11 is 0. The van der Waals surface area contributed by atoms with Gasteiger partial charge in [0, 0.05) is 12.1 Å². The highest BCUT2D eigenvalue weighted by molar-refractivity contribution is 5.87. The third kappa shape index (κ3) is 2.93. The Hall–Kier alpha value is -2.30. The van der Waals surface area contributed by atoms with Crippen molar-refractivity contribution in [2.24, 2.45) is 0 Å². The first-order valence-electron chi connectivity index (χ1n) is 6.09.